The molecule has 0 atom stereocenters. The van der Waals surface area contributed by atoms with E-state index >= 15 is 0 Å². The quantitative estimate of drug-likeness (QED) is 0.697. The van der Waals surface area contributed by atoms with E-state index in [-0.39, 0.29) is 23.8 Å². The Morgan fingerprint density at radius 2 is 2.12 bits per heavy atom. The second-order valence-electron chi connectivity index (χ2n) is 4.23. The largest absolute Gasteiger partial charge is 0.331 e. The molecule has 1 amide bonds. The van der Waals surface area contributed by atoms with Gasteiger partial charge in [-0.2, -0.15) is 0 Å². The Hall–Kier alpha value is -1.91. The van der Waals surface area contributed by atoms with Crippen LogP contribution >= 0.6 is 0 Å². The molecule has 0 bridgehead atoms. The standard InChI is InChI=1S/C12H14N2O3/c1-13-6-4-9(7-11(13)16)12(17)14-5-2-3-10(15)8-14/h4,6-7H,2-3,5,8H2,1H3. The maximum atomic E-state index is 12.0. The summed E-state index contributed by atoms with van der Waals surface area (Å²) < 4.78 is 1.40. The molecule has 1 aromatic heterocycles. The average molecular weight is 234 g/mol. The fourth-order valence-corrected chi connectivity index (χ4v) is 1.88. The molecule has 1 aromatic rings. The van der Waals surface area contributed by atoms with E-state index in [1.165, 1.54) is 15.5 Å². The Morgan fingerprint density at radius 3 is 2.76 bits per heavy atom. The van der Waals surface area contributed by atoms with E-state index in [1.807, 2.05) is 0 Å². The molecule has 2 rings (SSSR count). The highest BCUT2D eigenvalue weighted by atomic mass is 16.2. The Balaban J connectivity index is 2.21. The first-order chi connectivity index (χ1) is 8.08. The molecule has 1 fully saturated rings. The fraction of sp³-hybridized carbons (Fsp3) is 0.417. The van der Waals surface area contributed by atoms with Crippen molar-refractivity contribution in [2.75, 3.05) is 13.1 Å². The van der Waals surface area contributed by atoms with Crippen molar-refractivity contribution in [1.29, 1.82) is 0 Å². The number of carbonyl (C=O) groups excluding carboxylic acids is 2. The molecule has 0 N–H and O–H groups in total. The summed E-state index contributed by atoms with van der Waals surface area (Å²) in [6.07, 6.45) is 2.80. The molecule has 0 spiro atoms. The van der Waals surface area contributed by atoms with Crippen molar-refractivity contribution < 1.29 is 9.59 Å². The lowest BCUT2D eigenvalue weighted by Gasteiger charge is -2.25. The lowest BCUT2D eigenvalue weighted by atomic mass is 10.1. The molecule has 1 saturated heterocycles. The first-order valence-electron chi connectivity index (χ1n) is 5.55. The van der Waals surface area contributed by atoms with Gasteiger partial charge in [-0.05, 0) is 12.5 Å². The number of Topliss-reactive ketones (excluding diaryl/α,β-unsaturated/α-hetero) is 1. The zero-order valence-corrected chi connectivity index (χ0v) is 9.68. The van der Waals surface area contributed by atoms with Crippen LogP contribution in [0.4, 0.5) is 0 Å². The number of aryl methyl sites for hydroxylation is 1. The monoisotopic (exact) mass is 234 g/mol. The van der Waals surface area contributed by atoms with Crippen LogP contribution in [0.5, 0.6) is 0 Å². The van der Waals surface area contributed by atoms with Crippen molar-refractivity contribution in [2.45, 2.75) is 12.8 Å². The molecule has 1 aliphatic heterocycles. The number of aromatic nitrogens is 1. The van der Waals surface area contributed by atoms with Crippen molar-refractivity contribution in [1.82, 2.24) is 9.47 Å². The number of hydrogen-bond acceptors (Lipinski definition) is 3. The van der Waals surface area contributed by atoms with Gasteiger partial charge in [-0.1, -0.05) is 0 Å². The van der Waals surface area contributed by atoms with Gasteiger partial charge in [-0.3, -0.25) is 14.4 Å². The minimum absolute atomic E-state index is 0.0773. The second-order valence-corrected chi connectivity index (χ2v) is 4.23. The van der Waals surface area contributed by atoms with E-state index in [2.05, 4.69) is 0 Å². The first kappa shape index (κ1) is 11.6. The Labute approximate surface area is 98.7 Å². The van der Waals surface area contributed by atoms with Gasteiger partial charge in [-0.25, -0.2) is 0 Å². The number of carbonyl (C=O) groups is 2. The molecule has 5 heteroatoms. The van der Waals surface area contributed by atoms with E-state index in [4.69, 9.17) is 0 Å². The van der Waals surface area contributed by atoms with Crippen molar-refractivity contribution in [3.05, 3.63) is 34.2 Å². The van der Waals surface area contributed by atoms with Crippen LogP contribution in [0.1, 0.15) is 23.2 Å². The highest BCUT2D eigenvalue weighted by molar-refractivity contribution is 5.97. The van der Waals surface area contributed by atoms with Gasteiger partial charge in [-0.15, -0.1) is 0 Å². The van der Waals surface area contributed by atoms with Crippen LogP contribution in [0.15, 0.2) is 23.1 Å². The summed E-state index contributed by atoms with van der Waals surface area (Å²) in [7, 11) is 1.63. The third kappa shape index (κ3) is 2.43. The third-order valence-corrected chi connectivity index (χ3v) is 2.89. The van der Waals surface area contributed by atoms with Crippen molar-refractivity contribution in [2.24, 2.45) is 7.05 Å². The number of piperidine rings is 1. The minimum atomic E-state index is -0.240. The van der Waals surface area contributed by atoms with Gasteiger partial charge < -0.3 is 9.47 Å². The molecule has 0 saturated carbocycles. The normalized spacial score (nSPS) is 16.1. The number of amides is 1. The minimum Gasteiger partial charge on any atom is -0.331 e. The van der Waals surface area contributed by atoms with Gasteiger partial charge in [0.05, 0.1) is 6.54 Å². The molecule has 0 aromatic carbocycles. The lowest BCUT2D eigenvalue weighted by Crippen LogP contribution is -2.40. The molecular weight excluding hydrogens is 220 g/mol. The zero-order chi connectivity index (χ0) is 12.4. The van der Waals surface area contributed by atoms with Crippen LogP contribution in [-0.4, -0.2) is 34.2 Å². The van der Waals surface area contributed by atoms with E-state index in [1.54, 1.807) is 19.3 Å². The maximum Gasteiger partial charge on any atom is 0.254 e. The maximum absolute atomic E-state index is 12.0. The van der Waals surface area contributed by atoms with Crippen LogP contribution < -0.4 is 5.56 Å². The SMILES string of the molecule is Cn1ccc(C(=O)N2CCCC(=O)C2)cc1=O. The van der Waals surface area contributed by atoms with Crippen LogP contribution in [-0.2, 0) is 11.8 Å². The Kier molecular flexibility index (Phi) is 3.08. The summed E-state index contributed by atoms with van der Waals surface area (Å²) in [4.78, 5) is 36.2. The van der Waals surface area contributed by atoms with Gasteiger partial charge in [0.2, 0.25) is 0 Å². The molecule has 90 valence electrons. The van der Waals surface area contributed by atoms with Gasteiger partial charge in [0, 0.05) is 37.8 Å². The summed E-state index contributed by atoms with van der Waals surface area (Å²) in [6, 6.07) is 2.91. The smallest absolute Gasteiger partial charge is 0.254 e. The van der Waals surface area contributed by atoms with Gasteiger partial charge in [0.25, 0.3) is 11.5 Å². The fourth-order valence-electron chi connectivity index (χ4n) is 1.88. The number of rotatable bonds is 1. The average Bonchev–Trinajstić information content (AvgIpc) is 2.32. The van der Waals surface area contributed by atoms with Crippen LogP contribution in [0.3, 0.4) is 0 Å². The molecular formula is C12H14N2O3. The number of pyridine rings is 1. The van der Waals surface area contributed by atoms with E-state index in [0.717, 1.165) is 0 Å². The van der Waals surface area contributed by atoms with Gasteiger partial charge in [0.15, 0.2) is 5.78 Å². The van der Waals surface area contributed by atoms with Gasteiger partial charge in [0.1, 0.15) is 0 Å². The molecule has 0 aliphatic carbocycles. The molecule has 0 radical (unpaired) electrons. The third-order valence-electron chi connectivity index (χ3n) is 2.89. The van der Waals surface area contributed by atoms with Crippen LogP contribution in [0, 0.1) is 0 Å². The highest BCUT2D eigenvalue weighted by Gasteiger charge is 2.22. The van der Waals surface area contributed by atoms with E-state index in [0.29, 0.717) is 24.9 Å². The first-order valence-corrected chi connectivity index (χ1v) is 5.55. The number of ketones is 1. The van der Waals surface area contributed by atoms with E-state index in [9.17, 15) is 14.4 Å². The predicted octanol–water partition coefficient (Wildman–Crippen LogP) is 0.190. The van der Waals surface area contributed by atoms with Gasteiger partial charge >= 0.3 is 0 Å². The summed E-state index contributed by atoms with van der Waals surface area (Å²) in [5, 5.41) is 0. The number of hydrogen-bond donors (Lipinski definition) is 0. The summed E-state index contributed by atoms with van der Waals surface area (Å²) >= 11 is 0. The molecule has 2 heterocycles. The molecule has 17 heavy (non-hydrogen) atoms. The van der Waals surface area contributed by atoms with E-state index < -0.39 is 0 Å². The summed E-state index contributed by atoms with van der Waals surface area (Å²) in [5.74, 6) is -0.163. The summed E-state index contributed by atoms with van der Waals surface area (Å²) in [6.45, 7) is 0.744. The topological polar surface area (TPSA) is 59.4 Å². The lowest BCUT2D eigenvalue weighted by molar-refractivity contribution is -0.121. The van der Waals surface area contributed by atoms with Crippen molar-refractivity contribution in [3.63, 3.8) is 0 Å². The number of nitrogens with zero attached hydrogens (tertiary/aromatic N) is 2. The zero-order valence-electron chi connectivity index (χ0n) is 9.68. The Morgan fingerprint density at radius 1 is 1.35 bits per heavy atom. The van der Waals surface area contributed by atoms with Crippen molar-refractivity contribution >= 4 is 11.7 Å². The molecule has 1 aliphatic rings. The van der Waals surface area contributed by atoms with Crippen molar-refractivity contribution in [3.8, 4) is 0 Å². The summed E-state index contributed by atoms with van der Waals surface area (Å²) in [5.41, 5.74) is 0.127. The highest BCUT2D eigenvalue weighted by Crippen LogP contribution is 2.10. The van der Waals surface area contributed by atoms with Crippen LogP contribution in [0.2, 0.25) is 0 Å². The Bertz CT molecular complexity index is 519. The number of likely N-dealkylation sites (tertiary alicyclic amines) is 1. The molecule has 0 unspecified atom stereocenters. The predicted molar refractivity (Wildman–Crippen MR) is 61.8 cm³/mol. The van der Waals surface area contributed by atoms with Crippen LogP contribution in [0.25, 0.3) is 0 Å². The molecule has 5 nitrogen and oxygen atoms in total. The second kappa shape index (κ2) is 4.53.